The summed E-state index contributed by atoms with van der Waals surface area (Å²) in [6, 6.07) is 9.18. The van der Waals surface area contributed by atoms with Gasteiger partial charge in [0.05, 0.1) is 10.7 Å². The molecule has 0 spiro atoms. The number of amides is 1. The van der Waals surface area contributed by atoms with E-state index in [0.717, 1.165) is 0 Å². The molecule has 1 amide bonds. The molecule has 2 rings (SSSR count). The summed E-state index contributed by atoms with van der Waals surface area (Å²) in [5.41, 5.74) is 1.57. The highest BCUT2D eigenvalue weighted by atomic mass is 16.5. The van der Waals surface area contributed by atoms with E-state index in [-0.39, 0.29) is 37.0 Å². The number of carbonyl (C=O) groups is 1. The summed E-state index contributed by atoms with van der Waals surface area (Å²) in [6.07, 6.45) is 5.21. The molecule has 26 heavy (non-hydrogen) atoms. The fourth-order valence-corrected chi connectivity index (χ4v) is 2.11. The first-order valence-electron chi connectivity index (χ1n) is 9.37. The van der Waals surface area contributed by atoms with Crippen molar-refractivity contribution in [3.8, 4) is 41.8 Å². The van der Waals surface area contributed by atoms with Crippen molar-refractivity contribution in [2.45, 2.75) is 13.8 Å². The Kier molecular flexibility index (Phi) is 5.45. The first-order chi connectivity index (χ1) is 13.9. The van der Waals surface area contributed by atoms with Crippen molar-refractivity contribution in [1.29, 1.82) is 0 Å². The molecule has 2 aromatic rings. The summed E-state index contributed by atoms with van der Waals surface area (Å²) in [5, 5.41) is 0. The van der Waals surface area contributed by atoms with Gasteiger partial charge in [0.15, 0.2) is 0 Å². The molecule has 3 nitrogen and oxygen atoms in total. The molecule has 3 heteroatoms. The monoisotopic (exact) mass is 344 g/mol. The van der Waals surface area contributed by atoms with Crippen LogP contribution in [0.5, 0.6) is 5.75 Å². The zero-order valence-electron chi connectivity index (χ0n) is 17.6. The predicted molar refractivity (Wildman–Crippen MR) is 105 cm³/mol. The molecule has 0 aliphatic carbocycles. The van der Waals surface area contributed by atoms with Crippen LogP contribution in [0.15, 0.2) is 48.5 Å². The SMILES string of the molecule is [2H]c1c(C)c([2H])c(OCC#CC#CCN(C(=O)C#C)c2ccccc2)c([2H])c1C. The number of ether oxygens (including phenoxy) is 1. The second-order valence-electron chi connectivity index (χ2n) is 5.22. The van der Waals surface area contributed by atoms with Crippen LogP contribution in [0.2, 0.25) is 0 Å². The first-order valence-corrected chi connectivity index (χ1v) is 7.87. The number of para-hydroxylation sites is 1. The Balaban J connectivity index is 2.03. The standard InChI is InChI=1S/C23H19NO2/c1-4-23(25)24(21-12-8-7-9-13-21)14-10-5-6-11-15-26-22-17-19(2)16-20(3)18-22/h1,7-9,12-13,16-18H,14-15H2,2-3H3/i16D,17D,18D. The topological polar surface area (TPSA) is 29.5 Å². The van der Waals surface area contributed by atoms with Crippen molar-refractivity contribution < 1.29 is 13.6 Å². The minimum absolute atomic E-state index is 0.0183. The van der Waals surface area contributed by atoms with Gasteiger partial charge in [-0.15, -0.1) is 6.42 Å². The van der Waals surface area contributed by atoms with Gasteiger partial charge in [-0.05, 0) is 72.9 Å². The zero-order chi connectivity index (χ0) is 21.4. The number of terminal acetylenes is 1. The molecule has 2 aromatic carbocycles. The zero-order valence-corrected chi connectivity index (χ0v) is 14.6. The van der Waals surface area contributed by atoms with E-state index >= 15 is 0 Å². The number of benzene rings is 2. The van der Waals surface area contributed by atoms with Gasteiger partial charge < -0.3 is 4.74 Å². The van der Waals surface area contributed by atoms with E-state index in [0.29, 0.717) is 16.8 Å². The Morgan fingerprint density at radius 1 is 1.12 bits per heavy atom. The maximum Gasteiger partial charge on any atom is 0.303 e. The Hall–Kier alpha value is -3.61. The van der Waals surface area contributed by atoms with Gasteiger partial charge in [-0.25, -0.2) is 0 Å². The van der Waals surface area contributed by atoms with Crippen LogP contribution in [0.25, 0.3) is 0 Å². The summed E-state index contributed by atoms with van der Waals surface area (Å²) in [5.74, 6) is 12.4. The maximum absolute atomic E-state index is 11.9. The van der Waals surface area contributed by atoms with E-state index in [1.165, 1.54) is 4.90 Å². The number of anilines is 1. The van der Waals surface area contributed by atoms with Crippen LogP contribution in [0, 0.1) is 49.9 Å². The molecule has 0 fully saturated rings. The van der Waals surface area contributed by atoms with E-state index in [2.05, 4.69) is 29.6 Å². The summed E-state index contributed by atoms with van der Waals surface area (Å²) in [4.78, 5) is 13.3. The van der Waals surface area contributed by atoms with E-state index < -0.39 is 5.91 Å². The highest BCUT2D eigenvalue weighted by molar-refractivity contribution is 6.05. The Bertz CT molecular complexity index is 1050. The number of carbonyl (C=O) groups excluding carboxylic acids is 1. The van der Waals surface area contributed by atoms with Crippen molar-refractivity contribution in [1.82, 2.24) is 0 Å². The summed E-state index contributed by atoms with van der Waals surface area (Å²) in [7, 11) is 0. The molecular weight excluding hydrogens is 322 g/mol. The van der Waals surface area contributed by atoms with E-state index in [1.807, 2.05) is 6.07 Å². The molecule has 0 bridgehead atoms. The summed E-state index contributed by atoms with van der Waals surface area (Å²) < 4.78 is 29.3. The van der Waals surface area contributed by atoms with Crippen molar-refractivity contribution in [2.24, 2.45) is 0 Å². The van der Waals surface area contributed by atoms with Crippen LogP contribution < -0.4 is 9.64 Å². The van der Waals surface area contributed by atoms with Crippen molar-refractivity contribution in [3.05, 3.63) is 59.6 Å². The molecule has 0 atom stereocenters. The average Bonchev–Trinajstić information content (AvgIpc) is 2.75. The smallest absolute Gasteiger partial charge is 0.303 e. The largest absolute Gasteiger partial charge is 0.481 e. The van der Waals surface area contributed by atoms with E-state index in [1.54, 1.807) is 38.1 Å². The van der Waals surface area contributed by atoms with Crippen LogP contribution in [-0.2, 0) is 4.79 Å². The molecule has 0 saturated heterocycles. The van der Waals surface area contributed by atoms with E-state index in [9.17, 15) is 4.79 Å². The quantitative estimate of drug-likeness (QED) is 0.796. The molecule has 0 aliphatic heterocycles. The van der Waals surface area contributed by atoms with Crippen molar-refractivity contribution in [2.75, 3.05) is 18.1 Å². The van der Waals surface area contributed by atoms with Gasteiger partial charge in [-0.2, -0.15) is 0 Å². The van der Waals surface area contributed by atoms with Crippen molar-refractivity contribution in [3.63, 3.8) is 0 Å². The van der Waals surface area contributed by atoms with Gasteiger partial charge in [0.25, 0.3) is 0 Å². The molecular formula is C23H19NO2. The van der Waals surface area contributed by atoms with Gasteiger partial charge in [0, 0.05) is 5.69 Å². The third kappa shape index (κ3) is 5.79. The first kappa shape index (κ1) is 14.7. The highest BCUT2D eigenvalue weighted by Crippen LogP contribution is 2.15. The molecule has 128 valence electrons. The average molecular weight is 344 g/mol. The molecule has 0 N–H and O–H groups in total. The van der Waals surface area contributed by atoms with Crippen LogP contribution in [-0.4, -0.2) is 19.1 Å². The minimum Gasteiger partial charge on any atom is -0.481 e. The molecule has 0 saturated carbocycles. The molecule has 0 heterocycles. The number of hydrogen-bond donors (Lipinski definition) is 0. The Morgan fingerprint density at radius 3 is 2.42 bits per heavy atom. The summed E-state index contributed by atoms with van der Waals surface area (Å²) in [6.45, 7) is 3.35. The van der Waals surface area contributed by atoms with Gasteiger partial charge in [0.1, 0.15) is 12.4 Å². The molecule has 0 unspecified atom stereocenters. The van der Waals surface area contributed by atoms with Crippen LogP contribution in [0.4, 0.5) is 5.69 Å². The van der Waals surface area contributed by atoms with Gasteiger partial charge in [0.2, 0.25) is 0 Å². The normalized spacial score (nSPS) is 10.6. The van der Waals surface area contributed by atoms with Gasteiger partial charge in [-0.1, -0.05) is 30.2 Å². The predicted octanol–water partition coefficient (Wildman–Crippen LogP) is 3.36. The van der Waals surface area contributed by atoms with Crippen LogP contribution >= 0.6 is 0 Å². The highest BCUT2D eigenvalue weighted by Gasteiger charge is 2.11. The fraction of sp³-hybridized carbons (Fsp3) is 0.174. The lowest BCUT2D eigenvalue weighted by atomic mass is 10.1. The number of hydrogen-bond acceptors (Lipinski definition) is 2. The second-order valence-corrected chi connectivity index (χ2v) is 5.22. The van der Waals surface area contributed by atoms with Crippen LogP contribution in [0.1, 0.15) is 15.2 Å². The number of nitrogens with zero attached hydrogens (tertiary/aromatic N) is 1. The fourth-order valence-electron chi connectivity index (χ4n) is 2.11. The lowest BCUT2D eigenvalue weighted by Gasteiger charge is -2.16. The third-order valence-electron chi connectivity index (χ3n) is 3.18. The Labute approximate surface area is 159 Å². The minimum atomic E-state index is -0.490. The lowest BCUT2D eigenvalue weighted by molar-refractivity contribution is -0.113. The van der Waals surface area contributed by atoms with Crippen LogP contribution in [0.3, 0.4) is 0 Å². The maximum atomic E-state index is 11.9. The molecule has 0 radical (unpaired) electrons. The number of rotatable bonds is 4. The third-order valence-corrected chi connectivity index (χ3v) is 3.18. The van der Waals surface area contributed by atoms with Gasteiger partial charge in [-0.3, -0.25) is 9.69 Å². The second kappa shape index (κ2) is 9.63. The summed E-state index contributed by atoms with van der Waals surface area (Å²) >= 11 is 0. The molecule has 0 aliphatic rings. The van der Waals surface area contributed by atoms with E-state index in [4.69, 9.17) is 15.3 Å². The lowest BCUT2D eigenvalue weighted by Crippen LogP contribution is -2.29. The Morgan fingerprint density at radius 2 is 1.77 bits per heavy atom. The van der Waals surface area contributed by atoms with Gasteiger partial charge >= 0.3 is 5.91 Å². The molecule has 0 aromatic heterocycles. The van der Waals surface area contributed by atoms with Crippen molar-refractivity contribution >= 4 is 11.6 Å².